The summed E-state index contributed by atoms with van der Waals surface area (Å²) >= 11 is 0. The predicted molar refractivity (Wildman–Crippen MR) is 160 cm³/mol. The van der Waals surface area contributed by atoms with Crippen molar-refractivity contribution in [3.63, 3.8) is 0 Å². The second-order valence-electron chi connectivity index (χ2n) is 8.70. The highest BCUT2D eigenvalue weighted by Gasteiger charge is 2.23. The standard InChI is InChI=1S/C20H16O.C14H12O.H3O3P/c21-20(18-14-8-3-9-15-18)19(16-10-4-1-5-11-16)17-12-6-2-7-13-17;15-14(13-9-5-2-6-10-13)11-12-7-3-1-4-8-12;1-4(2)3/h1-15,19H;1-10H,11H2;1-3H. The molecule has 3 N–H and O–H groups in total. The average molecular weight is 551 g/mol. The van der Waals surface area contributed by atoms with Crippen LogP contribution in [0.4, 0.5) is 0 Å². The Hall–Kier alpha value is -4.25. The van der Waals surface area contributed by atoms with Gasteiger partial charge in [-0.25, -0.2) is 0 Å². The van der Waals surface area contributed by atoms with Gasteiger partial charge < -0.3 is 14.7 Å². The first kappa shape index (κ1) is 30.3. The van der Waals surface area contributed by atoms with Gasteiger partial charge in [0.05, 0.1) is 5.92 Å². The maximum atomic E-state index is 12.9. The number of hydrogen-bond acceptors (Lipinski definition) is 5. The molecule has 0 bridgehead atoms. The van der Waals surface area contributed by atoms with Crippen LogP contribution in [0.2, 0.25) is 0 Å². The number of carbonyl (C=O) groups excluding carboxylic acids is 2. The molecule has 0 aromatic heterocycles. The Kier molecular flexibility index (Phi) is 12.6. The van der Waals surface area contributed by atoms with E-state index in [2.05, 4.69) is 0 Å². The third kappa shape index (κ3) is 10.1. The van der Waals surface area contributed by atoms with Crippen LogP contribution in [-0.4, -0.2) is 26.2 Å². The molecule has 5 aromatic carbocycles. The molecule has 0 unspecified atom stereocenters. The van der Waals surface area contributed by atoms with Gasteiger partial charge in [0.25, 0.3) is 0 Å². The lowest BCUT2D eigenvalue weighted by Crippen LogP contribution is -2.14. The lowest BCUT2D eigenvalue weighted by molar-refractivity contribution is 0.0971. The maximum Gasteiger partial charge on any atom is 0.324 e. The van der Waals surface area contributed by atoms with Crippen molar-refractivity contribution < 1.29 is 24.3 Å². The zero-order valence-electron chi connectivity index (χ0n) is 21.8. The zero-order chi connectivity index (χ0) is 28.6. The Morgan fingerprint density at radius 3 is 1.23 bits per heavy atom. The van der Waals surface area contributed by atoms with E-state index in [0.29, 0.717) is 6.42 Å². The van der Waals surface area contributed by atoms with Crippen molar-refractivity contribution >= 4 is 20.2 Å². The molecule has 0 aliphatic heterocycles. The molecule has 0 radical (unpaired) electrons. The summed E-state index contributed by atoms with van der Waals surface area (Å²) < 4.78 is 0. The van der Waals surface area contributed by atoms with Crippen LogP contribution in [0.1, 0.15) is 43.3 Å². The van der Waals surface area contributed by atoms with Crippen LogP contribution in [-0.2, 0) is 6.42 Å². The molecule has 0 amide bonds. The molecule has 5 nitrogen and oxygen atoms in total. The van der Waals surface area contributed by atoms with Crippen LogP contribution >= 0.6 is 8.60 Å². The summed E-state index contributed by atoms with van der Waals surface area (Å²) in [5.74, 6) is 0.0459. The summed E-state index contributed by atoms with van der Waals surface area (Å²) in [6.45, 7) is 0. The third-order valence-corrected chi connectivity index (χ3v) is 5.89. The minimum absolute atomic E-state index is 0.132. The predicted octanol–water partition coefficient (Wildman–Crippen LogP) is 7.00. The lowest BCUT2D eigenvalue weighted by Gasteiger charge is -2.17. The maximum absolute atomic E-state index is 12.9. The highest BCUT2D eigenvalue weighted by molar-refractivity contribution is 7.38. The van der Waals surface area contributed by atoms with Crippen molar-refractivity contribution in [3.05, 3.63) is 179 Å². The van der Waals surface area contributed by atoms with Crippen molar-refractivity contribution in [2.24, 2.45) is 0 Å². The van der Waals surface area contributed by atoms with Crippen LogP contribution in [0.25, 0.3) is 0 Å². The first-order valence-corrected chi connectivity index (χ1v) is 13.8. The van der Waals surface area contributed by atoms with E-state index in [-0.39, 0.29) is 17.5 Å². The van der Waals surface area contributed by atoms with Gasteiger partial charge in [0, 0.05) is 17.5 Å². The molecule has 5 aromatic rings. The monoisotopic (exact) mass is 550 g/mol. The smallest absolute Gasteiger partial charge is 0.324 e. The molecule has 0 fully saturated rings. The van der Waals surface area contributed by atoms with E-state index >= 15 is 0 Å². The second kappa shape index (κ2) is 16.7. The van der Waals surface area contributed by atoms with Crippen molar-refractivity contribution in [1.29, 1.82) is 0 Å². The minimum atomic E-state index is -2.62. The van der Waals surface area contributed by atoms with Crippen molar-refractivity contribution in [2.45, 2.75) is 12.3 Å². The summed E-state index contributed by atoms with van der Waals surface area (Å²) in [7, 11) is -2.62. The average Bonchev–Trinajstić information content (AvgIpc) is 3.00. The van der Waals surface area contributed by atoms with E-state index < -0.39 is 8.60 Å². The van der Waals surface area contributed by atoms with Gasteiger partial charge in [0.2, 0.25) is 0 Å². The second-order valence-corrected chi connectivity index (χ2v) is 9.24. The molecule has 0 saturated heterocycles. The Labute approximate surface area is 236 Å². The summed E-state index contributed by atoms with van der Waals surface area (Å²) in [5, 5.41) is 0. The van der Waals surface area contributed by atoms with E-state index in [1.54, 1.807) is 0 Å². The summed E-state index contributed by atoms with van der Waals surface area (Å²) in [6, 6.07) is 48.6. The first-order chi connectivity index (χ1) is 19.5. The molecular formula is C34H31O5P. The van der Waals surface area contributed by atoms with Gasteiger partial charge in [-0.05, 0) is 16.7 Å². The van der Waals surface area contributed by atoms with Crippen LogP contribution in [0.5, 0.6) is 0 Å². The number of ketones is 2. The van der Waals surface area contributed by atoms with Gasteiger partial charge >= 0.3 is 8.60 Å². The van der Waals surface area contributed by atoms with E-state index in [1.165, 1.54) is 0 Å². The van der Waals surface area contributed by atoms with E-state index in [1.807, 2.05) is 152 Å². The molecule has 0 spiro atoms. The third-order valence-electron chi connectivity index (χ3n) is 5.89. The molecule has 0 aliphatic carbocycles. The van der Waals surface area contributed by atoms with Crippen LogP contribution in [0, 0.1) is 0 Å². The van der Waals surface area contributed by atoms with Gasteiger partial charge in [0.1, 0.15) is 0 Å². The molecule has 5 rings (SSSR count). The van der Waals surface area contributed by atoms with Crippen molar-refractivity contribution in [2.75, 3.05) is 0 Å². The molecule has 40 heavy (non-hydrogen) atoms. The highest BCUT2D eigenvalue weighted by Crippen LogP contribution is 2.28. The van der Waals surface area contributed by atoms with Crippen LogP contribution < -0.4 is 0 Å². The Bertz CT molecular complexity index is 1370. The summed E-state index contributed by atoms with van der Waals surface area (Å²) in [5.41, 5.74) is 4.64. The molecule has 0 atom stereocenters. The van der Waals surface area contributed by atoms with Crippen molar-refractivity contribution in [1.82, 2.24) is 0 Å². The normalized spacial score (nSPS) is 10.1. The molecular weight excluding hydrogens is 519 g/mol. The number of benzene rings is 5. The topological polar surface area (TPSA) is 94.8 Å². The number of Topliss-reactive ketones (excluding diaryl/α,β-unsaturated/α-hetero) is 2. The van der Waals surface area contributed by atoms with Crippen LogP contribution in [0.3, 0.4) is 0 Å². The summed E-state index contributed by atoms with van der Waals surface area (Å²) in [4.78, 5) is 46.5. The van der Waals surface area contributed by atoms with Gasteiger partial charge in [-0.3, -0.25) is 9.59 Å². The quantitative estimate of drug-likeness (QED) is 0.150. The molecule has 0 heterocycles. The SMILES string of the molecule is O=C(Cc1ccccc1)c1ccccc1.O=C(c1ccccc1)C(c1ccccc1)c1ccccc1.OP(O)O. The van der Waals surface area contributed by atoms with E-state index in [9.17, 15) is 9.59 Å². The molecule has 0 saturated carbocycles. The first-order valence-electron chi connectivity index (χ1n) is 12.6. The van der Waals surface area contributed by atoms with Gasteiger partial charge in [-0.1, -0.05) is 152 Å². The molecule has 202 valence electrons. The van der Waals surface area contributed by atoms with E-state index in [4.69, 9.17) is 14.7 Å². The highest BCUT2D eigenvalue weighted by atomic mass is 31.2. The fraction of sp³-hybridized carbons (Fsp3) is 0.0588. The van der Waals surface area contributed by atoms with Gasteiger partial charge in [-0.15, -0.1) is 0 Å². The van der Waals surface area contributed by atoms with E-state index in [0.717, 1.165) is 27.8 Å². The number of hydrogen-bond donors (Lipinski definition) is 3. The van der Waals surface area contributed by atoms with Gasteiger partial charge in [-0.2, -0.15) is 0 Å². The Balaban J connectivity index is 0.000000203. The number of carbonyl (C=O) groups is 2. The molecule has 0 aliphatic rings. The zero-order valence-corrected chi connectivity index (χ0v) is 22.7. The fourth-order valence-electron chi connectivity index (χ4n) is 4.06. The Morgan fingerprint density at radius 2 is 0.825 bits per heavy atom. The van der Waals surface area contributed by atoms with Gasteiger partial charge in [0.15, 0.2) is 11.6 Å². The largest absolute Gasteiger partial charge is 0.328 e. The lowest BCUT2D eigenvalue weighted by atomic mass is 9.85. The minimum Gasteiger partial charge on any atom is -0.328 e. The van der Waals surface area contributed by atoms with Crippen LogP contribution in [0.15, 0.2) is 152 Å². The Morgan fingerprint density at radius 1 is 0.500 bits per heavy atom. The molecule has 6 heteroatoms. The fourth-order valence-corrected chi connectivity index (χ4v) is 4.06. The summed E-state index contributed by atoms with van der Waals surface area (Å²) in [6.07, 6.45) is 0.477. The van der Waals surface area contributed by atoms with Crippen molar-refractivity contribution in [3.8, 4) is 0 Å². The number of rotatable bonds is 7.